The van der Waals surface area contributed by atoms with Gasteiger partial charge in [0.2, 0.25) is 10.0 Å². The maximum atomic E-state index is 11.8. The summed E-state index contributed by atoms with van der Waals surface area (Å²) in [5.41, 5.74) is 0.998. The molecule has 0 bridgehead atoms. The van der Waals surface area contributed by atoms with Crippen LogP contribution in [0.3, 0.4) is 0 Å². The van der Waals surface area contributed by atoms with Crippen LogP contribution in [-0.4, -0.2) is 39.1 Å². The Balaban J connectivity index is 2.61. The van der Waals surface area contributed by atoms with Crippen LogP contribution in [0.5, 0.6) is 0 Å². The van der Waals surface area contributed by atoms with Crippen molar-refractivity contribution in [3.63, 3.8) is 0 Å². The maximum absolute atomic E-state index is 11.8. The first-order valence-corrected chi connectivity index (χ1v) is 6.79. The lowest BCUT2D eigenvalue weighted by Gasteiger charge is -2.16. The molecule has 1 rings (SSSR count). The molecule has 0 spiro atoms. The maximum Gasteiger partial charge on any atom is 0.215 e. The summed E-state index contributed by atoms with van der Waals surface area (Å²) in [6.07, 6.45) is 0. The smallest absolute Gasteiger partial charge is 0.215 e. The summed E-state index contributed by atoms with van der Waals surface area (Å²) in [5, 5.41) is 2.84. The Labute approximate surface area is 97.3 Å². The molecule has 0 fully saturated rings. The van der Waals surface area contributed by atoms with E-state index in [0.717, 1.165) is 5.56 Å². The molecule has 1 aromatic rings. The molecule has 16 heavy (non-hydrogen) atoms. The Morgan fingerprint density at radius 2 is 1.88 bits per heavy atom. The molecule has 0 radical (unpaired) electrons. The Morgan fingerprint density at radius 3 is 2.44 bits per heavy atom. The van der Waals surface area contributed by atoms with Crippen LogP contribution >= 0.6 is 0 Å². The summed E-state index contributed by atoms with van der Waals surface area (Å²) >= 11 is 0. The Bertz CT molecular complexity index is 403. The third-order valence-corrected chi connectivity index (χ3v) is 4.13. The first-order valence-electron chi connectivity index (χ1n) is 5.19. The quantitative estimate of drug-likeness (QED) is 0.797. The van der Waals surface area contributed by atoms with Gasteiger partial charge in [0.1, 0.15) is 0 Å². The molecule has 0 aliphatic carbocycles. The summed E-state index contributed by atoms with van der Waals surface area (Å²) in [4.78, 5) is 0. The molecule has 0 aliphatic rings. The molecule has 90 valence electrons. The lowest BCUT2D eigenvalue weighted by Crippen LogP contribution is -2.32. The first-order chi connectivity index (χ1) is 7.56. The fraction of sp³-hybridized carbons (Fsp3) is 0.455. The first kappa shape index (κ1) is 13.2. The van der Waals surface area contributed by atoms with Crippen LogP contribution in [0.1, 0.15) is 5.56 Å². The fourth-order valence-electron chi connectivity index (χ4n) is 1.33. The number of rotatable bonds is 6. The number of benzene rings is 1. The van der Waals surface area contributed by atoms with Gasteiger partial charge in [-0.1, -0.05) is 30.3 Å². The third-order valence-electron chi connectivity index (χ3n) is 2.33. The average Bonchev–Trinajstić information content (AvgIpc) is 2.28. The molecule has 0 heterocycles. The summed E-state index contributed by atoms with van der Waals surface area (Å²) in [7, 11) is 0.202. The molecule has 0 aromatic heterocycles. The number of hydrogen-bond acceptors (Lipinski definition) is 3. The molecule has 1 aromatic carbocycles. The monoisotopic (exact) mass is 242 g/mol. The van der Waals surface area contributed by atoms with Gasteiger partial charge in [0.15, 0.2) is 0 Å². The van der Waals surface area contributed by atoms with E-state index in [1.165, 1.54) is 4.31 Å². The van der Waals surface area contributed by atoms with Gasteiger partial charge in [-0.15, -0.1) is 0 Å². The molecule has 4 nitrogen and oxygen atoms in total. The molecule has 0 saturated heterocycles. The normalized spacial score (nSPS) is 11.9. The van der Waals surface area contributed by atoms with Gasteiger partial charge in [-0.2, -0.15) is 0 Å². The molecule has 0 aliphatic heterocycles. The molecule has 0 saturated carbocycles. The fourth-order valence-corrected chi connectivity index (χ4v) is 2.45. The predicted octanol–water partition coefficient (Wildman–Crippen LogP) is 0.668. The van der Waals surface area contributed by atoms with E-state index < -0.39 is 10.0 Å². The lowest BCUT2D eigenvalue weighted by atomic mass is 10.2. The minimum absolute atomic E-state index is 0.132. The predicted molar refractivity (Wildman–Crippen MR) is 65.6 cm³/mol. The van der Waals surface area contributed by atoms with Gasteiger partial charge < -0.3 is 5.32 Å². The van der Waals surface area contributed by atoms with Gasteiger partial charge in [0.05, 0.1) is 5.75 Å². The van der Waals surface area contributed by atoms with Crippen molar-refractivity contribution in [2.24, 2.45) is 0 Å². The highest BCUT2D eigenvalue weighted by Crippen LogP contribution is 2.06. The number of sulfonamides is 1. The zero-order valence-corrected chi connectivity index (χ0v) is 10.5. The van der Waals surface area contributed by atoms with Gasteiger partial charge in [-0.3, -0.25) is 0 Å². The second-order valence-electron chi connectivity index (χ2n) is 3.66. The van der Waals surface area contributed by atoms with E-state index in [9.17, 15) is 8.42 Å². The van der Waals surface area contributed by atoms with E-state index in [1.807, 2.05) is 30.3 Å². The van der Waals surface area contributed by atoms with Gasteiger partial charge in [0, 0.05) is 20.1 Å². The van der Waals surface area contributed by atoms with Crippen molar-refractivity contribution in [3.05, 3.63) is 35.9 Å². The zero-order chi connectivity index (χ0) is 12.0. The second-order valence-corrected chi connectivity index (χ2v) is 5.86. The van der Waals surface area contributed by atoms with Crippen LogP contribution in [0.2, 0.25) is 0 Å². The van der Waals surface area contributed by atoms with Crippen LogP contribution in [0.15, 0.2) is 30.3 Å². The average molecular weight is 242 g/mol. The Kier molecular flexibility index (Phi) is 4.92. The summed E-state index contributed by atoms with van der Waals surface area (Å²) in [5.74, 6) is 0.132. The van der Waals surface area contributed by atoms with E-state index in [0.29, 0.717) is 13.1 Å². The Hall–Kier alpha value is -0.910. The van der Waals surface area contributed by atoms with E-state index in [4.69, 9.17) is 0 Å². The van der Waals surface area contributed by atoms with E-state index in [2.05, 4.69) is 5.32 Å². The van der Waals surface area contributed by atoms with Crippen molar-refractivity contribution in [1.29, 1.82) is 0 Å². The van der Waals surface area contributed by atoms with Crippen LogP contribution < -0.4 is 5.32 Å². The molecule has 5 heteroatoms. The summed E-state index contributed by atoms with van der Waals surface area (Å²) < 4.78 is 24.9. The molecule has 1 N–H and O–H groups in total. The Morgan fingerprint density at radius 1 is 1.25 bits per heavy atom. The van der Waals surface area contributed by atoms with Gasteiger partial charge in [-0.05, 0) is 12.6 Å². The third kappa shape index (κ3) is 3.92. The van der Waals surface area contributed by atoms with E-state index in [-0.39, 0.29) is 5.75 Å². The second kappa shape index (κ2) is 5.98. The van der Waals surface area contributed by atoms with Crippen LogP contribution in [0, 0.1) is 0 Å². The lowest BCUT2D eigenvalue weighted by molar-refractivity contribution is 0.466. The zero-order valence-electron chi connectivity index (χ0n) is 9.68. The largest absolute Gasteiger partial charge is 0.319 e. The summed E-state index contributed by atoms with van der Waals surface area (Å²) in [6, 6.07) is 9.57. The van der Waals surface area contributed by atoms with Gasteiger partial charge in [0.25, 0.3) is 0 Å². The number of nitrogens with zero attached hydrogens (tertiary/aromatic N) is 1. The SMILES string of the molecule is CNCCS(=O)(=O)N(C)Cc1ccccc1. The molecular weight excluding hydrogens is 224 g/mol. The van der Waals surface area contributed by atoms with E-state index >= 15 is 0 Å². The van der Waals surface area contributed by atoms with Crippen LogP contribution in [0.25, 0.3) is 0 Å². The molecule has 0 atom stereocenters. The summed E-state index contributed by atoms with van der Waals surface area (Å²) in [6.45, 7) is 0.897. The number of nitrogens with one attached hydrogen (secondary N) is 1. The van der Waals surface area contributed by atoms with E-state index in [1.54, 1.807) is 14.1 Å². The minimum atomic E-state index is -3.15. The van der Waals surface area contributed by atoms with Crippen molar-refractivity contribution in [2.45, 2.75) is 6.54 Å². The van der Waals surface area contributed by atoms with Crippen molar-refractivity contribution in [1.82, 2.24) is 9.62 Å². The van der Waals surface area contributed by atoms with Crippen molar-refractivity contribution in [3.8, 4) is 0 Å². The van der Waals surface area contributed by atoms with Gasteiger partial charge >= 0.3 is 0 Å². The molecular formula is C11H18N2O2S. The standard InChI is InChI=1S/C11H18N2O2S/c1-12-8-9-16(14,15)13(2)10-11-6-4-3-5-7-11/h3-7,12H,8-10H2,1-2H3. The van der Waals surface area contributed by atoms with Crippen LogP contribution in [-0.2, 0) is 16.6 Å². The highest BCUT2D eigenvalue weighted by atomic mass is 32.2. The highest BCUT2D eigenvalue weighted by molar-refractivity contribution is 7.89. The molecule has 0 unspecified atom stereocenters. The van der Waals surface area contributed by atoms with Gasteiger partial charge in [-0.25, -0.2) is 12.7 Å². The molecule has 0 amide bonds. The van der Waals surface area contributed by atoms with Crippen molar-refractivity contribution >= 4 is 10.0 Å². The van der Waals surface area contributed by atoms with Crippen LogP contribution in [0.4, 0.5) is 0 Å². The highest BCUT2D eigenvalue weighted by Gasteiger charge is 2.16. The number of hydrogen-bond donors (Lipinski definition) is 1. The topological polar surface area (TPSA) is 49.4 Å². The minimum Gasteiger partial charge on any atom is -0.319 e. The van der Waals surface area contributed by atoms with Crippen molar-refractivity contribution < 1.29 is 8.42 Å². The van der Waals surface area contributed by atoms with Crippen molar-refractivity contribution in [2.75, 3.05) is 26.4 Å².